The van der Waals surface area contributed by atoms with Gasteiger partial charge in [-0.1, -0.05) is 39.7 Å². The normalized spacial score (nSPS) is 13.9. The van der Waals surface area contributed by atoms with Crippen molar-refractivity contribution in [2.24, 2.45) is 0 Å². The van der Waals surface area contributed by atoms with E-state index in [2.05, 4.69) is 20.9 Å². The van der Waals surface area contributed by atoms with E-state index in [-0.39, 0.29) is 10.5 Å². The number of alkyl halides is 3. The summed E-state index contributed by atoms with van der Waals surface area (Å²) >= 11 is 8.90. The summed E-state index contributed by atoms with van der Waals surface area (Å²) in [6, 6.07) is 6.12. The van der Waals surface area contributed by atoms with Crippen LogP contribution in [0.4, 0.5) is 13.2 Å². The quantitative estimate of drug-likeness (QED) is 0.788. The van der Waals surface area contributed by atoms with Crippen molar-refractivity contribution in [1.29, 1.82) is 0 Å². The number of aliphatic hydroxyl groups is 1. The molecule has 0 aliphatic rings. The Morgan fingerprint density at radius 3 is 2.56 bits per heavy atom. The van der Waals surface area contributed by atoms with Gasteiger partial charge in [-0.2, -0.15) is 13.2 Å². The zero-order valence-electron chi connectivity index (χ0n) is 8.67. The number of hydrogen-bond donors (Lipinski definition) is 1. The largest absolute Gasteiger partial charge is 0.420 e. The van der Waals surface area contributed by atoms with Crippen molar-refractivity contribution in [2.75, 3.05) is 0 Å². The lowest BCUT2D eigenvalue weighted by atomic mass is 10.1. The van der Waals surface area contributed by atoms with E-state index in [4.69, 9.17) is 11.6 Å². The Bertz CT molecular complexity index is 603. The van der Waals surface area contributed by atoms with E-state index in [0.29, 0.717) is 9.86 Å². The van der Waals surface area contributed by atoms with Crippen molar-refractivity contribution in [1.82, 2.24) is 4.98 Å². The van der Waals surface area contributed by atoms with E-state index in [1.165, 1.54) is 12.1 Å². The van der Waals surface area contributed by atoms with Crippen molar-refractivity contribution >= 4 is 38.3 Å². The van der Waals surface area contributed by atoms with E-state index in [9.17, 15) is 18.3 Å². The Kier molecular flexibility index (Phi) is 3.53. The molecule has 7 heteroatoms. The van der Waals surface area contributed by atoms with Crippen LogP contribution in [-0.4, -0.2) is 16.3 Å². The van der Waals surface area contributed by atoms with Crippen molar-refractivity contribution in [3.63, 3.8) is 0 Å². The summed E-state index contributed by atoms with van der Waals surface area (Å²) in [6.45, 7) is 0. The van der Waals surface area contributed by atoms with Crippen molar-refractivity contribution in [2.45, 2.75) is 12.3 Å². The first-order valence-corrected chi connectivity index (χ1v) is 5.97. The first-order valence-electron chi connectivity index (χ1n) is 4.80. The topological polar surface area (TPSA) is 33.1 Å². The van der Waals surface area contributed by atoms with Gasteiger partial charge in [-0.25, -0.2) is 4.98 Å². The number of fused-ring (bicyclic) bond motifs is 1. The van der Waals surface area contributed by atoms with Crippen molar-refractivity contribution < 1.29 is 18.3 Å². The maximum atomic E-state index is 12.6. The van der Waals surface area contributed by atoms with Gasteiger partial charge in [0.25, 0.3) is 0 Å². The molecule has 0 radical (unpaired) electrons. The van der Waals surface area contributed by atoms with Gasteiger partial charge in [-0.15, -0.1) is 0 Å². The standard InChI is InChI=1S/C11H6BrClF3NO/c12-7-3-1-2-5-6(7)4-8(13)17-9(5)10(18)11(14,15)16/h1-4,10,18H. The van der Waals surface area contributed by atoms with Crippen LogP contribution < -0.4 is 0 Å². The van der Waals surface area contributed by atoms with Gasteiger partial charge >= 0.3 is 6.18 Å². The highest BCUT2D eigenvalue weighted by molar-refractivity contribution is 9.10. The highest BCUT2D eigenvalue weighted by Crippen LogP contribution is 2.37. The van der Waals surface area contributed by atoms with Gasteiger partial charge in [0.1, 0.15) is 5.15 Å². The minimum atomic E-state index is -4.78. The zero-order valence-corrected chi connectivity index (χ0v) is 11.0. The van der Waals surface area contributed by atoms with Gasteiger partial charge in [0, 0.05) is 15.2 Å². The predicted molar refractivity (Wildman–Crippen MR) is 65.5 cm³/mol. The lowest BCUT2D eigenvalue weighted by Crippen LogP contribution is -2.21. The van der Waals surface area contributed by atoms with Crippen LogP contribution >= 0.6 is 27.5 Å². The molecule has 2 rings (SSSR count). The minimum Gasteiger partial charge on any atom is -0.378 e. The third-order valence-electron chi connectivity index (χ3n) is 2.39. The third kappa shape index (κ3) is 2.46. The molecule has 2 nitrogen and oxygen atoms in total. The molecule has 0 saturated heterocycles. The molecule has 0 aliphatic carbocycles. The van der Waals surface area contributed by atoms with Crippen LogP contribution in [0.5, 0.6) is 0 Å². The van der Waals surface area contributed by atoms with Gasteiger partial charge < -0.3 is 5.11 Å². The molecule has 0 bridgehead atoms. The summed E-state index contributed by atoms with van der Waals surface area (Å²) in [5.41, 5.74) is -0.494. The molecule has 1 heterocycles. The minimum absolute atomic E-state index is 0.104. The fourth-order valence-corrected chi connectivity index (χ4v) is 2.28. The second-order valence-electron chi connectivity index (χ2n) is 3.61. The lowest BCUT2D eigenvalue weighted by molar-refractivity contribution is -0.207. The van der Waals surface area contributed by atoms with Crippen molar-refractivity contribution in [3.05, 3.63) is 39.6 Å². The van der Waals surface area contributed by atoms with E-state index in [0.717, 1.165) is 0 Å². The Morgan fingerprint density at radius 1 is 1.28 bits per heavy atom. The summed E-state index contributed by atoms with van der Waals surface area (Å²) in [5, 5.41) is 9.88. The maximum absolute atomic E-state index is 12.6. The van der Waals surface area contributed by atoms with Crippen LogP contribution in [0.25, 0.3) is 10.8 Å². The molecule has 18 heavy (non-hydrogen) atoms. The van der Waals surface area contributed by atoms with Gasteiger partial charge in [-0.05, 0) is 12.1 Å². The second kappa shape index (κ2) is 4.68. The Labute approximate surface area is 114 Å². The fraction of sp³-hybridized carbons (Fsp3) is 0.182. The summed E-state index contributed by atoms with van der Waals surface area (Å²) < 4.78 is 38.2. The fourth-order valence-electron chi connectivity index (χ4n) is 1.60. The molecule has 0 saturated carbocycles. The molecule has 96 valence electrons. The number of halogens is 5. The monoisotopic (exact) mass is 339 g/mol. The molecule has 1 unspecified atom stereocenters. The number of pyridine rings is 1. The molecule has 1 aromatic carbocycles. The summed E-state index contributed by atoms with van der Waals surface area (Å²) in [4.78, 5) is 3.58. The number of aliphatic hydroxyl groups excluding tert-OH is 1. The van der Waals surface area contributed by atoms with E-state index in [1.54, 1.807) is 12.1 Å². The van der Waals surface area contributed by atoms with Gasteiger partial charge in [-0.3, -0.25) is 0 Å². The van der Waals surface area contributed by atoms with Crippen LogP contribution in [0.1, 0.15) is 11.8 Å². The van der Waals surface area contributed by atoms with Gasteiger partial charge in [0.05, 0.1) is 5.69 Å². The number of hydrogen-bond acceptors (Lipinski definition) is 2. The van der Waals surface area contributed by atoms with E-state index >= 15 is 0 Å². The number of aromatic nitrogens is 1. The van der Waals surface area contributed by atoms with Crippen LogP contribution in [0.3, 0.4) is 0 Å². The van der Waals surface area contributed by atoms with E-state index in [1.807, 2.05) is 0 Å². The van der Waals surface area contributed by atoms with Crippen LogP contribution in [0.2, 0.25) is 5.15 Å². The highest BCUT2D eigenvalue weighted by atomic mass is 79.9. The number of rotatable bonds is 1. The molecule has 0 amide bonds. The molecule has 1 atom stereocenters. The summed E-state index contributed by atoms with van der Waals surface area (Å²) in [5.74, 6) is 0. The molecule has 1 N–H and O–H groups in total. The Balaban J connectivity index is 2.75. The smallest absolute Gasteiger partial charge is 0.378 e. The maximum Gasteiger partial charge on any atom is 0.420 e. The average molecular weight is 341 g/mol. The summed E-state index contributed by atoms with van der Waals surface area (Å²) in [6.07, 6.45) is -7.44. The lowest BCUT2D eigenvalue weighted by Gasteiger charge is -2.16. The zero-order chi connectivity index (χ0) is 13.5. The molecule has 0 spiro atoms. The SMILES string of the molecule is OC(c1nc(Cl)cc2c(Br)cccc12)C(F)(F)F. The number of benzene rings is 1. The summed E-state index contributed by atoms with van der Waals surface area (Å²) in [7, 11) is 0. The highest BCUT2D eigenvalue weighted by Gasteiger charge is 2.41. The first-order chi connectivity index (χ1) is 8.30. The van der Waals surface area contributed by atoms with Crippen LogP contribution in [0, 0.1) is 0 Å². The first kappa shape index (κ1) is 13.6. The van der Waals surface area contributed by atoms with Gasteiger partial charge in [0.2, 0.25) is 0 Å². The Morgan fingerprint density at radius 2 is 1.94 bits per heavy atom. The van der Waals surface area contributed by atoms with E-state index < -0.39 is 18.0 Å². The molecule has 0 aliphatic heterocycles. The van der Waals surface area contributed by atoms with Crippen LogP contribution in [0.15, 0.2) is 28.7 Å². The Hall–Kier alpha value is -0.850. The molecule has 0 fully saturated rings. The third-order valence-corrected chi connectivity index (χ3v) is 3.27. The predicted octanol–water partition coefficient (Wildman–Crippen LogP) is 4.25. The van der Waals surface area contributed by atoms with Crippen LogP contribution in [-0.2, 0) is 0 Å². The molecule has 2 aromatic rings. The molecular weight excluding hydrogens is 334 g/mol. The van der Waals surface area contributed by atoms with Crippen molar-refractivity contribution in [3.8, 4) is 0 Å². The van der Waals surface area contributed by atoms with Gasteiger partial charge in [0.15, 0.2) is 6.10 Å². The molecule has 1 aromatic heterocycles. The second-order valence-corrected chi connectivity index (χ2v) is 4.85. The number of nitrogens with zero attached hydrogens (tertiary/aromatic N) is 1. The average Bonchev–Trinajstić information content (AvgIpc) is 2.27. The molecular formula is C11H6BrClF3NO.